The van der Waals surface area contributed by atoms with Crippen LogP contribution in [0, 0.1) is 0 Å². The molecule has 10 heteroatoms. The SMILES string of the molecule is COC(=O)c1ccc(C(OC2CCN(CCCOc3ccccc3NS(C)(=O)=O)CC2)c2ccccc2)s1. The van der Waals surface area contributed by atoms with Crippen molar-refractivity contribution in [3.8, 4) is 5.75 Å². The maximum atomic E-state index is 12.0. The van der Waals surface area contributed by atoms with Crippen LogP contribution in [-0.4, -0.2) is 65.0 Å². The molecule has 204 valence electrons. The van der Waals surface area contributed by atoms with Gasteiger partial charge in [0.15, 0.2) is 0 Å². The number of piperidine rings is 1. The smallest absolute Gasteiger partial charge is 0.348 e. The van der Waals surface area contributed by atoms with Gasteiger partial charge in [-0.3, -0.25) is 4.72 Å². The molecule has 4 rings (SSSR count). The maximum Gasteiger partial charge on any atom is 0.348 e. The number of benzene rings is 2. The first-order chi connectivity index (χ1) is 18.3. The number of hydrogen-bond donors (Lipinski definition) is 1. The van der Waals surface area contributed by atoms with Gasteiger partial charge in [-0.15, -0.1) is 11.3 Å². The summed E-state index contributed by atoms with van der Waals surface area (Å²) in [4.78, 5) is 15.9. The van der Waals surface area contributed by atoms with Gasteiger partial charge in [-0.05, 0) is 49.1 Å². The standard InChI is InChI=1S/C28H34N2O6S2/c1-34-28(31)26-14-13-25(37-26)27(21-9-4-3-5-10-21)36-22-15-18-30(19-16-22)17-8-20-35-24-12-7-6-11-23(24)29-38(2,32)33/h3-7,9-14,22,27,29H,8,15-20H2,1-2H3. The number of sulfonamides is 1. The molecule has 0 aliphatic carbocycles. The van der Waals surface area contributed by atoms with Crippen LogP contribution in [0.5, 0.6) is 5.75 Å². The first kappa shape index (κ1) is 28.1. The van der Waals surface area contributed by atoms with E-state index in [9.17, 15) is 13.2 Å². The van der Waals surface area contributed by atoms with Gasteiger partial charge in [0.05, 0.1) is 31.8 Å². The van der Waals surface area contributed by atoms with Gasteiger partial charge in [-0.2, -0.15) is 0 Å². The fraction of sp³-hybridized carbons (Fsp3) is 0.393. The Morgan fingerprint density at radius 2 is 1.76 bits per heavy atom. The number of carbonyl (C=O) groups excluding carboxylic acids is 1. The molecule has 0 bridgehead atoms. The molecule has 1 N–H and O–H groups in total. The molecule has 1 aliphatic rings. The fourth-order valence-corrected chi connectivity index (χ4v) is 6.01. The van der Waals surface area contributed by atoms with Crippen molar-refractivity contribution in [1.82, 2.24) is 4.90 Å². The molecule has 1 fully saturated rings. The number of nitrogens with one attached hydrogen (secondary N) is 1. The molecule has 1 saturated heterocycles. The topological polar surface area (TPSA) is 94.2 Å². The molecule has 1 aliphatic heterocycles. The van der Waals surface area contributed by atoms with Gasteiger partial charge in [0.25, 0.3) is 0 Å². The third kappa shape index (κ3) is 8.04. The van der Waals surface area contributed by atoms with Crippen LogP contribution in [0.1, 0.15) is 45.5 Å². The van der Waals surface area contributed by atoms with E-state index in [1.165, 1.54) is 18.4 Å². The Balaban J connectivity index is 1.27. The summed E-state index contributed by atoms with van der Waals surface area (Å²) in [5.74, 6) is 0.196. The number of esters is 1. The third-order valence-electron chi connectivity index (χ3n) is 6.30. The number of thiophene rings is 1. The molecule has 0 spiro atoms. The Labute approximate surface area is 228 Å². The van der Waals surface area contributed by atoms with Crippen LogP contribution < -0.4 is 9.46 Å². The molecule has 1 atom stereocenters. The highest BCUT2D eigenvalue weighted by atomic mass is 32.2. The minimum absolute atomic E-state index is 0.116. The zero-order valence-corrected chi connectivity index (χ0v) is 23.3. The minimum atomic E-state index is -3.37. The van der Waals surface area contributed by atoms with Crippen LogP contribution >= 0.6 is 11.3 Å². The first-order valence-electron chi connectivity index (χ1n) is 12.6. The number of likely N-dealkylation sites (tertiary alicyclic amines) is 1. The normalized spacial score (nSPS) is 15.6. The lowest BCUT2D eigenvalue weighted by Gasteiger charge is -2.34. The molecule has 0 saturated carbocycles. The Kier molecular flexibility index (Phi) is 9.79. The number of rotatable bonds is 12. The van der Waals surface area contributed by atoms with E-state index in [0.29, 0.717) is 22.9 Å². The van der Waals surface area contributed by atoms with E-state index in [4.69, 9.17) is 14.2 Å². The molecule has 2 heterocycles. The van der Waals surface area contributed by atoms with Crippen LogP contribution in [0.3, 0.4) is 0 Å². The van der Waals surface area contributed by atoms with Crippen LogP contribution in [0.4, 0.5) is 5.69 Å². The Hall–Kier alpha value is -2.92. The van der Waals surface area contributed by atoms with Crippen molar-refractivity contribution >= 4 is 33.0 Å². The Bertz CT molecular complexity index is 1290. The van der Waals surface area contributed by atoms with Crippen molar-refractivity contribution in [2.24, 2.45) is 0 Å². The number of methoxy groups -OCH3 is 1. The van der Waals surface area contributed by atoms with Gasteiger partial charge in [-0.1, -0.05) is 42.5 Å². The largest absolute Gasteiger partial charge is 0.491 e. The second kappa shape index (κ2) is 13.2. The molecular formula is C28H34N2O6S2. The van der Waals surface area contributed by atoms with Gasteiger partial charge in [0.2, 0.25) is 10.0 Å². The lowest BCUT2D eigenvalue weighted by molar-refractivity contribution is -0.0260. The summed E-state index contributed by atoms with van der Waals surface area (Å²) in [7, 11) is -1.98. The zero-order chi connectivity index (χ0) is 27.0. The van der Waals surface area contributed by atoms with Crippen molar-refractivity contribution in [2.75, 3.05) is 44.3 Å². The van der Waals surface area contributed by atoms with E-state index in [-0.39, 0.29) is 18.2 Å². The zero-order valence-electron chi connectivity index (χ0n) is 21.7. The number of carbonyl (C=O) groups is 1. The molecule has 0 amide bonds. The van der Waals surface area contributed by atoms with E-state index in [1.807, 2.05) is 30.3 Å². The van der Waals surface area contributed by atoms with Crippen molar-refractivity contribution in [3.05, 3.63) is 82.0 Å². The minimum Gasteiger partial charge on any atom is -0.491 e. The molecule has 8 nitrogen and oxygen atoms in total. The van der Waals surface area contributed by atoms with E-state index < -0.39 is 10.0 Å². The monoisotopic (exact) mass is 558 g/mol. The molecular weight excluding hydrogens is 524 g/mol. The molecule has 1 aromatic heterocycles. The highest BCUT2D eigenvalue weighted by molar-refractivity contribution is 7.92. The summed E-state index contributed by atoms with van der Waals surface area (Å²) >= 11 is 1.41. The van der Waals surface area contributed by atoms with Crippen LogP contribution in [0.2, 0.25) is 0 Å². The maximum absolute atomic E-state index is 12.0. The van der Waals surface area contributed by atoms with Crippen molar-refractivity contribution in [3.63, 3.8) is 0 Å². The van der Waals surface area contributed by atoms with E-state index >= 15 is 0 Å². The van der Waals surface area contributed by atoms with Gasteiger partial charge in [0.1, 0.15) is 16.7 Å². The molecule has 38 heavy (non-hydrogen) atoms. The summed E-state index contributed by atoms with van der Waals surface area (Å²) in [5.41, 5.74) is 1.52. The lowest BCUT2D eigenvalue weighted by atomic mass is 10.0. The number of para-hydroxylation sites is 2. The summed E-state index contributed by atoms with van der Waals surface area (Å²) in [5, 5.41) is 0. The average molecular weight is 559 g/mol. The van der Waals surface area contributed by atoms with E-state index in [1.54, 1.807) is 24.3 Å². The Morgan fingerprint density at radius 3 is 2.47 bits per heavy atom. The van der Waals surface area contributed by atoms with E-state index in [2.05, 4.69) is 21.8 Å². The van der Waals surface area contributed by atoms with Gasteiger partial charge >= 0.3 is 5.97 Å². The van der Waals surface area contributed by atoms with Crippen LogP contribution in [0.25, 0.3) is 0 Å². The van der Waals surface area contributed by atoms with Crippen LogP contribution in [-0.2, 0) is 19.5 Å². The summed E-state index contributed by atoms with van der Waals surface area (Å²) in [6, 6.07) is 20.9. The third-order valence-corrected chi connectivity index (χ3v) is 8.00. The van der Waals surface area contributed by atoms with E-state index in [0.717, 1.165) is 55.6 Å². The number of nitrogens with zero attached hydrogens (tertiary/aromatic N) is 1. The highest BCUT2D eigenvalue weighted by Gasteiger charge is 2.26. The summed E-state index contributed by atoms with van der Waals surface area (Å²) in [6.07, 6.45) is 3.67. The van der Waals surface area contributed by atoms with Crippen molar-refractivity contribution in [2.45, 2.75) is 31.5 Å². The van der Waals surface area contributed by atoms with Crippen molar-refractivity contribution < 1.29 is 27.4 Å². The second-order valence-electron chi connectivity index (χ2n) is 9.23. The molecule has 0 radical (unpaired) electrons. The number of hydrogen-bond acceptors (Lipinski definition) is 8. The van der Waals surface area contributed by atoms with Gasteiger partial charge < -0.3 is 19.1 Å². The summed E-state index contributed by atoms with van der Waals surface area (Å²) in [6.45, 7) is 3.24. The number of anilines is 1. The average Bonchev–Trinajstić information content (AvgIpc) is 3.40. The summed E-state index contributed by atoms with van der Waals surface area (Å²) < 4.78 is 43.0. The first-order valence-corrected chi connectivity index (χ1v) is 15.3. The highest BCUT2D eigenvalue weighted by Crippen LogP contribution is 2.34. The van der Waals surface area contributed by atoms with Crippen LogP contribution in [0.15, 0.2) is 66.7 Å². The Morgan fingerprint density at radius 1 is 1.05 bits per heavy atom. The molecule has 2 aromatic carbocycles. The fourth-order valence-electron chi connectivity index (χ4n) is 4.45. The lowest BCUT2D eigenvalue weighted by Crippen LogP contribution is -2.38. The predicted molar refractivity (Wildman–Crippen MR) is 150 cm³/mol. The molecule has 1 unspecified atom stereocenters. The predicted octanol–water partition coefficient (Wildman–Crippen LogP) is 4.95. The van der Waals surface area contributed by atoms with Crippen molar-refractivity contribution in [1.29, 1.82) is 0 Å². The number of ether oxygens (including phenoxy) is 3. The quantitative estimate of drug-likeness (QED) is 0.248. The van der Waals surface area contributed by atoms with Gasteiger partial charge in [0, 0.05) is 24.5 Å². The van der Waals surface area contributed by atoms with Gasteiger partial charge in [-0.25, -0.2) is 13.2 Å². The molecule has 3 aromatic rings. The second-order valence-corrected chi connectivity index (χ2v) is 12.1.